The summed E-state index contributed by atoms with van der Waals surface area (Å²) < 4.78 is 34.3. The molecule has 0 aliphatic carbocycles. The predicted molar refractivity (Wildman–Crippen MR) is 128 cm³/mol. The fraction of sp³-hybridized carbons (Fsp3) is 0.0400. The molecule has 0 fully saturated rings. The molecule has 0 saturated carbocycles. The van der Waals surface area contributed by atoms with Gasteiger partial charge >= 0.3 is 5.97 Å². The smallest absolute Gasteiger partial charge is 0.343 e. The van der Waals surface area contributed by atoms with Crippen LogP contribution in [0.4, 0.5) is 0 Å². The van der Waals surface area contributed by atoms with Gasteiger partial charge in [-0.05, 0) is 36.4 Å². The summed E-state index contributed by atoms with van der Waals surface area (Å²) in [5.41, 5.74) is 0.402. The molecule has 166 valence electrons. The molecule has 6 nitrogen and oxygen atoms in total. The summed E-state index contributed by atoms with van der Waals surface area (Å²) in [6.45, 7) is 3.46. The fourth-order valence-electron chi connectivity index (χ4n) is 3.45. The predicted octanol–water partition coefficient (Wildman–Crippen LogP) is 5.05. The van der Waals surface area contributed by atoms with Gasteiger partial charge in [-0.1, -0.05) is 64.5 Å². The molecule has 3 aromatic carbocycles. The second-order valence-electron chi connectivity index (χ2n) is 7.09. The molecule has 0 spiro atoms. The molecule has 1 heterocycles. The van der Waals surface area contributed by atoms with Crippen LogP contribution in [0.2, 0.25) is 0 Å². The summed E-state index contributed by atoms with van der Waals surface area (Å²) in [4.78, 5) is 26.5. The van der Waals surface area contributed by atoms with Crippen LogP contribution < -0.4 is 0 Å². The molecule has 33 heavy (non-hydrogen) atoms. The van der Waals surface area contributed by atoms with Crippen LogP contribution in [0.3, 0.4) is 0 Å². The van der Waals surface area contributed by atoms with Gasteiger partial charge in [-0.15, -0.1) is 6.58 Å². The largest absolute Gasteiger partial charge is 0.420 e. The number of carbonyl (C=O) groups is 2. The van der Waals surface area contributed by atoms with Crippen LogP contribution in [0.25, 0.3) is 5.76 Å². The molecule has 4 rings (SSSR count). The molecular weight excluding hydrogens is 506 g/mol. The monoisotopic (exact) mass is 523 g/mol. The number of hydrogen-bond acceptors (Lipinski definition) is 5. The van der Waals surface area contributed by atoms with E-state index in [1.54, 1.807) is 66.7 Å². The number of carbonyl (C=O) groups excluding carboxylic acids is 2. The Morgan fingerprint density at radius 3 is 2.21 bits per heavy atom. The third-order valence-corrected chi connectivity index (χ3v) is 7.34. The van der Waals surface area contributed by atoms with Crippen molar-refractivity contribution in [3.8, 4) is 0 Å². The van der Waals surface area contributed by atoms with E-state index in [1.807, 2.05) is 0 Å². The standard InChI is InChI=1S/C25H18BrNO5S/c1-2-16-27-22(23(28)17-8-4-3-5-9-17)24(20-10-6-7-11-21(20)33(27,30)31)32-25(29)18-12-14-19(26)15-13-18/h2-15H,1,16H2. The third kappa shape index (κ3) is 4.27. The van der Waals surface area contributed by atoms with E-state index in [9.17, 15) is 18.0 Å². The van der Waals surface area contributed by atoms with Crippen LogP contribution in [-0.4, -0.2) is 31.0 Å². The Kier molecular flexibility index (Phi) is 6.31. The maximum Gasteiger partial charge on any atom is 0.343 e. The lowest BCUT2D eigenvalue weighted by Crippen LogP contribution is -2.38. The summed E-state index contributed by atoms with van der Waals surface area (Å²) in [6.07, 6.45) is 1.37. The average Bonchev–Trinajstić information content (AvgIpc) is 2.83. The quantitative estimate of drug-likeness (QED) is 0.256. The number of fused-ring (bicyclic) bond motifs is 1. The third-order valence-electron chi connectivity index (χ3n) is 4.98. The molecule has 3 aromatic rings. The maximum absolute atomic E-state index is 13.6. The first-order valence-corrected chi connectivity index (χ1v) is 12.1. The van der Waals surface area contributed by atoms with E-state index < -0.39 is 21.8 Å². The van der Waals surface area contributed by atoms with E-state index in [0.29, 0.717) is 0 Å². The Morgan fingerprint density at radius 2 is 1.55 bits per heavy atom. The van der Waals surface area contributed by atoms with Gasteiger partial charge in [-0.2, -0.15) is 0 Å². The topological polar surface area (TPSA) is 80.8 Å². The number of sulfonamides is 1. The number of ether oxygens (including phenoxy) is 1. The zero-order chi connectivity index (χ0) is 23.6. The number of esters is 1. The number of Topliss-reactive ketones (excluding diaryl/α,β-unsaturated/α-hetero) is 1. The second kappa shape index (κ2) is 9.17. The van der Waals surface area contributed by atoms with Crippen molar-refractivity contribution in [1.82, 2.24) is 4.31 Å². The second-order valence-corrected chi connectivity index (χ2v) is 9.84. The Hall–Kier alpha value is -3.49. The zero-order valence-electron chi connectivity index (χ0n) is 17.3. The molecule has 0 bridgehead atoms. The van der Waals surface area contributed by atoms with Gasteiger partial charge in [-0.25, -0.2) is 13.2 Å². The first-order valence-electron chi connectivity index (χ1n) is 9.89. The Bertz CT molecular complexity index is 1380. The number of benzene rings is 3. The fourth-order valence-corrected chi connectivity index (χ4v) is 5.35. The molecule has 1 aliphatic heterocycles. The van der Waals surface area contributed by atoms with Gasteiger partial charge in [0.25, 0.3) is 10.0 Å². The maximum atomic E-state index is 13.6. The molecule has 0 unspecified atom stereocenters. The highest BCUT2D eigenvalue weighted by Crippen LogP contribution is 2.39. The number of rotatable bonds is 6. The van der Waals surface area contributed by atoms with E-state index in [-0.39, 0.29) is 39.6 Å². The normalized spacial score (nSPS) is 14.4. The van der Waals surface area contributed by atoms with E-state index in [2.05, 4.69) is 22.5 Å². The molecule has 1 aliphatic rings. The van der Waals surface area contributed by atoms with E-state index in [1.165, 1.54) is 18.2 Å². The number of nitrogens with zero attached hydrogens (tertiary/aromatic N) is 1. The highest BCUT2D eigenvalue weighted by atomic mass is 79.9. The first kappa shape index (κ1) is 22.7. The lowest BCUT2D eigenvalue weighted by atomic mass is 10.0. The average molecular weight is 524 g/mol. The van der Waals surface area contributed by atoms with E-state index in [4.69, 9.17) is 4.74 Å². The number of allylic oxidation sites excluding steroid dienone is 1. The van der Waals surface area contributed by atoms with Gasteiger partial charge in [0.2, 0.25) is 5.78 Å². The number of ketones is 1. The van der Waals surface area contributed by atoms with Crippen LogP contribution in [-0.2, 0) is 14.8 Å². The molecule has 0 N–H and O–H groups in total. The van der Waals surface area contributed by atoms with Crippen LogP contribution in [0.1, 0.15) is 26.3 Å². The lowest BCUT2D eigenvalue weighted by molar-refractivity contribution is 0.0686. The van der Waals surface area contributed by atoms with Crippen molar-refractivity contribution >= 4 is 43.5 Å². The molecule has 0 aromatic heterocycles. The van der Waals surface area contributed by atoms with Gasteiger partial charge in [0.1, 0.15) is 5.70 Å². The lowest BCUT2D eigenvalue weighted by Gasteiger charge is -2.32. The van der Waals surface area contributed by atoms with Crippen molar-refractivity contribution < 1.29 is 22.7 Å². The van der Waals surface area contributed by atoms with Gasteiger partial charge in [0.15, 0.2) is 5.76 Å². The van der Waals surface area contributed by atoms with Crippen molar-refractivity contribution in [3.05, 3.63) is 118 Å². The summed E-state index contributed by atoms with van der Waals surface area (Å²) in [7, 11) is -4.10. The van der Waals surface area contributed by atoms with Crippen molar-refractivity contribution in [2.24, 2.45) is 0 Å². The summed E-state index contributed by atoms with van der Waals surface area (Å²) in [6, 6.07) is 20.9. The highest BCUT2D eigenvalue weighted by Gasteiger charge is 2.41. The molecule has 0 amide bonds. The molecule has 0 radical (unpaired) electrons. The molecule has 8 heteroatoms. The van der Waals surface area contributed by atoms with Crippen molar-refractivity contribution in [3.63, 3.8) is 0 Å². The SMILES string of the molecule is C=CCN1C(C(=O)c2ccccc2)=C(OC(=O)c2ccc(Br)cc2)c2ccccc2S1(=O)=O. The minimum Gasteiger partial charge on any atom is -0.420 e. The van der Waals surface area contributed by atoms with Gasteiger partial charge in [0, 0.05) is 15.6 Å². The van der Waals surface area contributed by atoms with E-state index in [0.717, 1.165) is 8.78 Å². The van der Waals surface area contributed by atoms with Gasteiger partial charge in [-0.3, -0.25) is 9.10 Å². The first-order chi connectivity index (χ1) is 15.8. The summed E-state index contributed by atoms with van der Waals surface area (Å²) >= 11 is 3.32. The highest BCUT2D eigenvalue weighted by molar-refractivity contribution is 9.10. The van der Waals surface area contributed by atoms with Crippen molar-refractivity contribution in [2.75, 3.05) is 6.54 Å². The molecule has 0 atom stereocenters. The van der Waals surface area contributed by atoms with E-state index >= 15 is 0 Å². The zero-order valence-corrected chi connectivity index (χ0v) is 19.7. The number of hydrogen-bond donors (Lipinski definition) is 0. The summed E-state index contributed by atoms with van der Waals surface area (Å²) in [5, 5.41) is 0. The van der Waals surface area contributed by atoms with Crippen LogP contribution in [0.5, 0.6) is 0 Å². The molecular formula is C25H18BrNO5S. The summed E-state index contributed by atoms with van der Waals surface area (Å²) in [5.74, 6) is -1.43. The van der Waals surface area contributed by atoms with Crippen LogP contribution in [0.15, 0.2) is 107 Å². The van der Waals surface area contributed by atoms with Crippen molar-refractivity contribution in [2.45, 2.75) is 4.90 Å². The Labute approximate surface area is 200 Å². The molecule has 0 saturated heterocycles. The number of halogens is 1. The van der Waals surface area contributed by atoms with Crippen LogP contribution >= 0.6 is 15.9 Å². The van der Waals surface area contributed by atoms with Gasteiger partial charge < -0.3 is 4.74 Å². The van der Waals surface area contributed by atoms with Crippen LogP contribution in [0, 0.1) is 0 Å². The Balaban J connectivity index is 1.95. The minimum absolute atomic E-state index is 0.0601. The van der Waals surface area contributed by atoms with Crippen molar-refractivity contribution in [1.29, 1.82) is 0 Å². The Morgan fingerprint density at radius 1 is 0.909 bits per heavy atom. The minimum atomic E-state index is -4.10. The van der Waals surface area contributed by atoms with Gasteiger partial charge in [0.05, 0.1) is 17.0 Å².